The lowest BCUT2D eigenvalue weighted by molar-refractivity contribution is 0.802. The molecule has 1 aromatic rings. The van der Waals surface area contributed by atoms with E-state index in [1.165, 1.54) is 12.2 Å². The van der Waals surface area contributed by atoms with Gasteiger partial charge in [-0.3, -0.25) is 0 Å². The Morgan fingerprint density at radius 3 is 2.94 bits per heavy atom. The standard InChI is InChI=1S/C12H17Cl2N3S/c1-2-15-11-9(13)8-10(14)12(16-11)17-4-3-6-18-7-5-17/h8H,2-7H2,1H3,(H,15,16). The van der Waals surface area contributed by atoms with Gasteiger partial charge in [-0.05, 0) is 25.2 Å². The van der Waals surface area contributed by atoms with E-state index in [0.717, 1.165) is 37.0 Å². The van der Waals surface area contributed by atoms with Crippen molar-refractivity contribution in [2.45, 2.75) is 13.3 Å². The van der Waals surface area contributed by atoms with E-state index in [1.807, 2.05) is 18.7 Å². The third-order valence-electron chi connectivity index (χ3n) is 2.78. The molecule has 18 heavy (non-hydrogen) atoms. The highest BCUT2D eigenvalue weighted by Gasteiger charge is 2.16. The smallest absolute Gasteiger partial charge is 0.149 e. The predicted octanol–water partition coefficient (Wildman–Crippen LogP) is 3.76. The van der Waals surface area contributed by atoms with Crippen LogP contribution >= 0.6 is 35.0 Å². The molecule has 0 amide bonds. The van der Waals surface area contributed by atoms with Crippen molar-refractivity contribution in [2.75, 3.05) is 41.4 Å². The average molecular weight is 306 g/mol. The second-order valence-electron chi connectivity index (χ2n) is 4.11. The molecule has 0 atom stereocenters. The summed E-state index contributed by atoms with van der Waals surface area (Å²) in [6.07, 6.45) is 1.17. The Hall–Kier alpha value is -0.320. The Kier molecular flexibility index (Phi) is 5.27. The van der Waals surface area contributed by atoms with Crippen LogP contribution < -0.4 is 10.2 Å². The summed E-state index contributed by atoms with van der Waals surface area (Å²) in [7, 11) is 0. The lowest BCUT2D eigenvalue weighted by Gasteiger charge is -2.23. The Labute approximate surface area is 122 Å². The van der Waals surface area contributed by atoms with Crippen LogP contribution in [0.4, 0.5) is 11.6 Å². The highest BCUT2D eigenvalue weighted by Crippen LogP contribution is 2.32. The second-order valence-corrected chi connectivity index (χ2v) is 6.15. The molecule has 1 aliphatic rings. The molecule has 1 aliphatic heterocycles. The van der Waals surface area contributed by atoms with Crippen molar-refractivity contribution < 1.29 is 0 Å². The highest BCUT2D eigenvalue weighted by molar-refractivity contribution is 7.99. The molecule has 100 valence electrons. The van der Waals surface area contributed by atoms with E-state index in [-0.39, 0.29) is 0 Å². The van der Waals surface area contributed by atoms with Crippen molar-refractivity contribution in [2.24, 2.45) is 0 Å². The van der Waals surface area contributed by atoms with Gasteiger partial charge in [-0.2, -0.15) is 11.8 Å². The first-order chi connectivity index (χ1) is 8.72. The van der Waals surface area contributed by atoms with Crippen LogP contribution in [0.2, 0.25) is 10.0 Å². The van der Waals surface area contributed by atoms with E-state index >= 15 is 0 Å². The summed E-state index contributed by atoms with van der Waals surface area (Å²) in [4.78, 5) is 6.82. The van der Waals surface area contributed by atoms with Gasteiger partial charge in [0.2, 0.25) is 0 Å². The fraction of sp³-hybridized carbons (Fsp3) is 0.583. The van der Waals surface area contributed by atoms with Crippen LogP contribution in [0.1, 0.15) is 13.3 Å². The fourth-order valence-corrected chi connectivity index (χ4v) is 3.36. The van der Waals surface area contributed by atoms with Gasteiger partial charge in [0.05, 0.1) is 10.0 Å². The van der Waals surface area contributed by atoms with Gasteiger partial charge < -0.3 is 10.2 Å². The van der Waals surface area contributed by atoms with Gasteiger partial charge >= 0.3 is 0 Å². The topological polar surface area (TPSA) is 28.2 Å². The zero-order valence-electron chi connectivity index (χ0n) is 10.4. The van der Waals surface area contributed by atoms with Gasteiger partial charge in [-0.1, -0.05) is 23.2 Å². The van der Waals surface area contributed by atoms with Crippen molar-refractivity contribution in [1.82, 2.24) is 4.98 Å². The summed E-state index contributed by atoms with van der Waals surface area (Å²) in [5, 5.41) is 4.38. The largest absolute Gasteiger partial charge is 0.369 e. The molecule has 1 saturated heterocycles. The van der Waals surface area contributed by atoms with Gasteiger partial charge in [0.25, 0.3) is 0 Å². The van der Waals surface area contributed by atoms with Gasteiger partial charge in [-0.25, -0.2) is 4.98 Å². The van der Waals surface area contributed by atoms with Gasteiger partial charge in [-0.15, -0.1) is 0 Å². The number of pyridine rings is 1. The molecular formula is C12H17Cl2N3S. The van der Waals surface area contributed by atoms with E-state index in [0.29, 0.717) is 10.0 Å². The van der Waals surface area contributed by atoms with Crippen LogP contribution in [0, 0.1) is 0 Å². The molecule has 0 radical (unpaired) electrons. The van der Waals surface area contributed by atoms with Gasteiger partial charge in [0.15, 0.2) is 0 Å². The average Bonchev–Trinajstić information content (AvgIpc) is 2.61. The minimum absolute atomic E-state index is 0.579. The Balaban J connectivity index is 2.27. The Morgan fingerprint density at radius 1 is 1.33 bits per heavy atom. The van der Waals surface area contributed by atoms with Crippen LogP contribution in [0.15, 0.2) is 6.07 Å². The zero-order valence-corrected chi connectivity index (χ0v) is 12.7. The number of thioether (sulfide) groups is 1. The number of anilines is 2. The summed E-state index contributed by atoms with van der Waals surface area (Å²) in [6, 6.07) is 1.78. The molecule has 2 rings (SSSR count). The molecule has 1 fully saturated rings. The van der Waals surface area contributed by atoms with Gasteiger partial charge in [0, 0.05) is 25.4 Å². The van der Waals surface area contributed by atoms with Crippen LogP contribution in [0.3, 0.4) is 0 Å². The Morgan fingerprint density at radius 2 is 2.17 bits per heavy atom. The molecule has 0 saturated carbocycles. The lowest BCUT2D eigenvalue weighted by Crippen LogP contribution is -2.27. The van der Waals surface area contributed by atoms with Crippen molar-refractivity contribution in [3.63, 3.8) is 0 Å². The maximum atomic E-state index is 6.27. The van der Waals surface area contributed by atoms with Gasteiger partial charge in [0.1, 0.15) is 11.6 Å². The van der Waals surface area contributed by atoms with Crippen LogP contribution in [0.5, 0.6) is 0 Å². The number of nitrogens with one attached hydrogen (secondary N) is 1. The highest BCUT2D eigenvalue weighted by atomic mass is 35.5. The molecule has 0 aromatic carbocycles. The molecule has 3 nitrogen and oxygen atoms in total. The molecular weight excluding hydrogens is 289 g/mol. The number of aromatic nitrogens is 1. The van der Waals surface area contributed by atoms with Crippen molar-refractivity contribution in [3.8, 4) is 0 Å². The predicted molar refractivity (Wildman–Crippen MR) is 82.6 cm³/mol. The summed E-state index contributed by atoms with van der Waals surface area (Å²) in [5.74, 6) is 3.90. The number of rotatable bonds is 3. The van der Waals surface area contributed by atoms with Crippen LogP contribution in [0.25, 0.3) is 0 Å². The van der Waals surface area contributed by atoms with Crippen LogP contribution in [-0.2, 0) is 0 Å². The molecule has 0 bridgehead atoms. The Bertz CT molecular complexity index is 407. The monoisotopic (exact) mass is 305 g/mol. The van der Waals surface area contributed by atoms with Crippen molar-refractivity contribution in [3.05, 3.63) is 16.1 Å². The summed E-state index contributed by atoms with van der Waals surface area (Å²) in [5.41, 5.74) is 0. The van der Waals surface area contributed by atoms with E-state index in [2.05, 4.69) is 15.2 Å². The maximum absolute atomic E-state index is 6.27. The second kappa shape index (κ2) is 6.73. The van der Waals surface area contributed by atoms with Crippen LogP contribution in [-0.4, -0.2) is 36.1 Å². The van der Waals surface area contributed by atoms with Crippen molar-refractivity contribution >= 4 is 46.6 Å². The molecule has 0 unspecified atom stereocenters. The normalized spacial score (nSPS) is 16.5. The maximum Gasteiger partial charge on any atom is 0.149 e. The fourth-order valence-electron chi connectivity index (χ4n) is 1.93. The lowest BCUT2D eigenvalue weighted by atomic mass is 10.3. The SMILES string of the molecule is CCNc1nc(N2CCCSCC2)c(Cl)cc1Cl. The molecule has 1 N–H and O–H groups in total. The summed E-state index contributed by atoms with van der Waals surface area (Å²) < 4.78 is 0. The number of nitrogens with zero attached hydrogens (tertiary/aromatic N) is 2. The van der Waals surface area contributed by atoms with Crippen molar-refractivity contribution in [1.29, 1.82) is 0 Å². The summed E-state index contributed by atoms with van der Waals surface area (Å²) in [6.45, 7) is 4.82. The minimum atomic E-state index is 0.579. The minimum Gasteiger partial charge on any atom is -0.369 e. The first-order valence-corrected chi connectivity index (χ1v) is 8.06. The van der Waals surface area contributed by atoms with E-state index in [4.69, 9.17) is 23.2 Å². The van der Waals surface area contributed by atoms with E-state index in [1.54, 1.807) is 6.07 Å². The first-order valence-electron chi connectivity index (χ1n) is 6.15. The first kappa shape index (κ1) is 14.1. The third-order valence-corrected chi connectivity index (χ3v) is 4.39. The molecule has 1 aromatic heterocycles. The third kappa shape index (κ3) is 3.37. The molecule has 2 heterocycles. The molecule has 0 aliphatic carbocycles. The molecule has 6 heteroatoms. The molecule has 0 spiro atoms. The quantitative estimate of drug-likeness (QED) is 0.920. The number of halogens is 2. The van der Waals surface area contributed by atoms with E-state index in [9.17, 15) is 0 Å². The number of hydrogen-bond acceptors (Lipinski definition) is 4. The zero-order chi connectivity index (χ0) is 13.0. The van der Waals surface area contributed by atoms with E-state index < -0.39 is 0 Å². The summed E-state index contributed by atoms with van der Waals surface area (Å²) >= 11 is 14.4. The number of hydrogen-bond donors (Lipinski definition) is 1.